The zero-order chi connectivity index (χ0) is 20.0. The number of anilines is 2. The van der Waals surface area contributed by atoms with Gasteiger partial charge in [0, 0.05) is 26.2 Å². The molecular formula is C18H31N5O3S. The van der Waals surface area contributed by atoms with Crippen molar-refractivity contribution in [2.24, 2.45) is 5.92 Å². The molecule has 0 amide bonds. The fraction of sp³-hybridized carbons (Fsp3) is 0.722. The highest BCUT2D eigenvalue weighted by atomic mass is 32.1. The smallest absolute Gasteiger partial charge is 0.330 e. The number of hydrogen-bond acceptors (Lipinski definition) is 5. The van der Waals surface area contributed by atoms with Crippen LogP contribution in [-0.4, -0.2) is 40.5 Å². The number of aromatic nitrogens is 2. The Morgan fingerprint density at radius 3 is 2.81 bits per heavy atom. The molecule has 1 saturated heterocycles. The van der Waals surface area contributed by atoms with Gasteiger partial charge in [0.15, 0.2) is 10.8 Å². The molecular weight excluding hydrogens is 366 g/mol. The molecule has 2 rings (SSSR count). The van der Waals surface area contributed by atoms with Crippen LogP contribution in [0.25, 0.3) is 0 Å². The summed E-state index contributed by atoms with van der Waals surface area (Å²) in [5.74, 6) is 0.390. The van der Waals surface area contributed by atoms with Crippen LogP contribution in [0.1, 0.15) is 46.5 Å². The van der Waals surface area contributed by atoms with Gasteiger partial charge in [-0.25, -0.2) is 4.79 Å². The first-order valence-electron chi connectivity index (χ1n) is 9.64. The van der Waals surface area contributed by atoms with Crippen LogP contribution in [0, 0.1) is 5.92 Å². The average Bonchev–Trinajstić information content (AvgIpc) is 3.11. The van der Waals surface area contributed by atoms with Crippen LogP contribution in [0.5, 0.6) is 0 Å². The van der Waals surface area contributed by atoms with Crippen molar-refractivity contribution in [3.63, 3.8) is 0 Å². The molecule has 0 aromatic carbocycles. The molecule has 9 heteroatoms. The fourth-order valence-electron chi connectivity index (χ4n) is 3.12. The molecule has 1 aliphatic heterocycles. The number of nitrogen functional groups attached to an aromatic ring is 1. The van der Waals surface area contributed by atoms with Gasteiger partial charge >= 0.3 is 5.69 Å². The maximum atomic E-state index is 12.6. The summed E-state index contributed by atoms with van der Waals surface area (Å²) in [6.07, 6.45) is 3.87. The molecule has 152 valence electrons. The van der Waals surface area contributed by atoms with Crippen LogP contribution >= 0.6 is 12.2 Å². The van der Waals surface area contributed by atoms with E-state index in [0.29, 0.717) is 24.7 Å². The molecule has 1 fully saturated rings. The molecule has 1 aromatic rings. The van der Waals surface area contributed by atoms with Crippen molar-refractivity contribution >= 4 is 28.8 Å². The molecule has 4 N–H and O–H groups in total. The first kappa shape index (κ1) is 21.4. The molecule has 0 saturated carbocycles. The Labute approximate surface area is 165 Å². The van der Waals surface area contributed by atoms with E-state index in [0.717, 1.165) is 32.3 Å². The quantitative estimate of drug-likeness (QED) is 0.570. The summed E-state index contributed by atoms with van der Waals surface area (Å²) >= 11 is 5.56. The van der Waals surface area contributed by atoms with Crippen molar-refractivity contribution in [3.8, 4) is 0 Å². The second-order valence-corrected chi connectivity index (χ2v) is 7.71. The molecule has 0 radical (unpaired) electrons. The number of ether oxygens (including phenoxy) is 1. The Kier molecular flexibility index (Phi) is 7.85. The summed E-state index contributed by atoms with van der Waals surface area (Å²) in [5.41, 5.74) is 5.46. The number of aromatic amines is 1. The minimum absolute atomic E-state index is 0.123. The Morgan fingerprint density at radius 2 is 2.22 bits per heavy atom. The third-order valence-electron chi connectivity index (χ3n) is 4.52. The van der Waals surface area contributed by atoms with Gasteiger partial charge in [-0.05, 0) is 37.4 Å². The van der Waals surface area contributed by atoms with Gasteiger partial charge in [0.25, 0.3) is 5.56 Å². The van der Waals surface area contributed by atoms with Crippen molar-refractivity contribution in [1.29, 1.82) is 0 Å². The minimum atomic E-state index is -0.521. The third kappa shape index (κ3) is 5.55. The lowest BCUT2D eigenvalue weighted by molar-refractivity contribution is 0.114. The summed E-state index contributed by atoms with van der Waals surface area (Å²) in [7, 11) is 0. The van der Waals surface area contributed by atoms with Gasteiger partial charge in [0.1, 0.15) is 5.82 Å². The highest BCUT2D eigenvalue weighted by Gasteiger charge is 2.24. The van der Waals surface area contributed by atoms with Crippen molar-refractivity contribution in [2.75, 3.05) is 30.3 Å². The molecule has 27 heavy (non-hydrogen) atoms. The predicted molar refractivity (Wildman–Crippen MR) is 112 cm³/mol. The van der Waals surface area contributed by atoms with Gasteiger partial charge in [-0.15, -0.1) is 0 Å². The Hall–Kier alpha value is -1.87. The normalized spacial score (nSPS) is 16.7. The number of unbranched alkanes of at least 4 members (excludes halogenated alkanes) is 1. The molecule has 0 bridgehead atoms. The van der Waals surface area contributed by atoms with Crippen LogP contribution in [0.2, 0.25) is 0 Å². The van der Waals surface area contributed by atoms with E-state index in [4.69, 9.17) is 22.7 Å². The molecule has 1 aromatic heterocycles. The highest BCUT2D eigenvalue weighted by Crippen LogP contribution is 2.19. The lowest BCUT2D eigenvalue weighted by Crippen LogP contribution is -2.48. The lowest BCUT2D eigenvalue weighted by Gasteiger charge is -2.29. The Bertz CT molecular complexity index is 752. The van der Waals surface area contributed by atoms with Crippen LogP contribution in [0.3, 0.4) is 0 Å². The van der Waals surface area contributed by atoms with Gasteiger partial charge in [-0.3, -0.25) is 14.3 Å². The van der Waals surface area contributed by atoms with E-state index in [-0.39, 0.29) is 23.5 Å². The third-order valence-corrected chi connectivity index (χ3v) is 4.88. The van der Waals surface area contributed by atoms with Gasteiger partial charge in [0.2, 0.25) is 0 Å². The summed E-state index contributed by atoms with van der Waals surface area (Å²) in [5, 5.41) is 3.61. The van der Waals surface area contributed by atoms with E-state index >= 15 is 0 Å². The topological polar surface area (TPSA) is 105 Å². The second-order valence-electron chi connectivity index (χ2n) is 7.32. The summed E-state index contributed by atoms with van der Waals surface area (Å²) in [6.45, 7) is 8.42. The maximum absolute atomic E-state index is 12.6. The zero-order valence-electron chi connectivity index (χ0n) is 16.4. The molecule has 0 aliphatic carbocycles. The largest absolute Gasteiger partial charge is 0.383 e. The lowest BCUT2D eigenvalue weighted by atomic mass is 10.2. The van der Waals surface area contributed by atoms with Gasteiger partial charge in [0.05, 0.1) is 6.10 Å². The van der Waals surface area contributed by atoms with Crippen LogP contribution < -0.4 is 27.2 Å². The van der Waals surface area contributed by atoms with Crippen LogP contribution in [-0.2, 0) is 11.3 Å². The molecule has 1 aliphatic rings. The summed E-state index contributed by atoms with van der Waals surface area (Å²) in [6, 6.07) is 0. The van der Waals surface area contributed by atoms with E-state index in [2.05, 4.69) is 10.3 Å². The number of H-pyrrole nitrogens is 1. The predicted octanol–water partition coefficient (Wildman–Crippen LogP) is 1.43. The van der Waals surface area contributed by atoms with Gasteiger partial charge < -0.3 is 20.7 Å². The molecule has 0 unspecified atom stereocenters. The monoisotopic (exact) mass is 397 g/mol. The van der Waals surface area contributed by atoms with Crippen molar-refractivity contribution in [2.45, 2.75) is 59.1 Å². The SMILES string of the molecule is CCCCn1c(N)c(N(CC(C)C)C(=S)NC[C@@H]2CCCO2)c(=O)[nH]c1=O. The Balaban J connectivity index is 2.32. The van der Waals surface area contributed by atoms with E-state index in [1.807, 2.05) is 20.8 Å². The number of hydrogen-bond donors (Lipinski definition) is 3. The standard InChI is InChI=1S/C18H31N5O3S/c1-4-5-8-22-15(19)14(16(24)21-17(22)25)23(11-12(2)3)18(27)20-10-13-7-6-9-26-13/h12-13H,4-11,19H2,1-3H3,(H,20,27)(H,21,24,25)/t13-/m0/s1. The van der Waals surface area contributed by atoms with E-state index < -0.39 is 11.2 Å². The number of rotatable bonds is 8. The number of nitrogens with zero attached hydrogens (tertiary/aromatic N) is 2. The molecule has 0 spiro atoms. The maximum Gasteiger partial charge on any atom is 0.330 e. The molecule has 2 heterocycles. The first-order chi connectivity index (χ1) is 12.8. The average molecular weight is 398 g/mol. The van der Waals surface area contributed by atoms with Gasteiger partial charge in [-0.2, -0.15) is 0 Å². The zero-order valence-corrected chi connectivity index (χ0v) is 17.2. The number of nitrogens with one attached hydrogen (secondary N) is 2. The highest BCUT2D eigenvalue weighted by molar-refractivity contribution is 7.80. The van der Waals surface area contributed by atoms with Crippen molar-refractivity contribution in [1.82, 2.24) is 14.9 Å². The van der Waals surface area contributed by atoms with Crippen LogP contribution in [0.15, 0.2) is 9.59 Å². The van der Waals surface area contributed by atoms with E-state index in [1.165, 1.54) is 4.57 Å². The number of thiocarbonyl (C=S) groups is 1. The molecule has 8 nitrogen and oxygen atoms in total. The van der Waals surface area contributed by atoms with Crippen molar-refractivity contribution < 1.29 is 4.74 Å². The minimum Gasteiger partial charge on any atom is -0.383 e. The van der Waals surface area contributed by atoms with Crippen molar-refractivity contribution in [3.05, 3.63) is 20.8 Å². The second kappa shape index (κ2) is 9.89. The summed E-state index contributed by atoms with van der Waals surface area (Å²) in [4.78, 5) is 28.8. The fourth-order valence-corrected chi connectivity index (χ4v) is 3.37. The van der Waals surface area contributed by atoms with Gasteiger partial charge in [-0.1, -0.05) is 27.2 Å². The Morgan fingerprint density at radius 1 is 1.48 bits per heavy atom. The number of nitrogens with two attached hydrogens (primary N) is 1. The first-order valence-corrected chi connectivity index (χ1v) is 10.1. The van der Waals surface area contributed by atoms with E-state index in [1.54, 1.807) is 4.90 Å². The molecule has 1 atom stereocenters. The van der Waals surface area contributed by atoms with E-state index in [9.17, 15) is 9.59 Å². The van der Waals surface area contributed by atoms with Crippen LogP contribution in [0.4, 0.5) is 11.5 Å². The summed E-state index contributed by atoms with van der Waals surface area (Å²) < 4.78 is 7.03.